The van der Waals surface area contributed by atoms with E-state index in [0.717, 1.165) is 6.07 Å². The maximum Gasteiger partial charge on any atom is 0.271 e. The van der Waals surface area contributed by atoms with E-state index in [2.05, 4.69) is 5.32 Å². The number of nitrogens with zero attached hydrogens (tertiary/aromatic N) is 2. The van der Waals surface area contributed by atoms with Crippen LogP contribution in [0.5, 0.6) is 5.75 Å². The molecule has 168 valence electrons. The first-order valence-corrected chi connectivity index (χ1v) is 10.3. The van der Waals surface area contributed by atoms with Crippen molar-refractivity contribution in [3.8, 4) is 11.8 Å². The van der Waals surface area contributed by atoms with E-state index in [9.17, 15) is 25.3 Å². The SMILES string of the molecule is CC(C)(C)c1cc(/C=C(\C#N)C(=O)Nc2ccc([N+](=O)[O-])cc2Cl)cc(C(C)(C)C)c1O. The van der Waals surface area contributed by atoms with E-state index in [-0.39, 0.29) is 38.6 Å². The van der Waals surface area contributed by atoms with E-state index in [4.69, 9.17) is 11.6 Å². The number of phenolic OH excluding ortho intramolecular Hbond substituents is 1. The third-order valence-corrected chi connectivity index (χ3v) is 5.15. The predicted molar refractivity (Wildman–Crippen MR) is 126 cm³/mol. The number of halogens is 1. The van der Waals surface area contributed by atoms with Crippen LogP contribution in [0.25, 0.3) is 6.08 Å². The van der Waals surface area contributed by atoms with Gasteiger partial charge in [-0.3, -0.25) is 14.9 Å². The summed E-state index contributed by atoms with van der Waals surface area (Å²) in [6.45, 7) is 11.8. The van der Waals surface area contributed by atoms with Gasteiger partial charge in [0.05, 0.1) is 15.6 Å². The second kappa shape index (κ2) is 9.01. The Bertz CT molecular complexity index is 1110. The maximum atomic E-state index is 12.7. The van der Waals surface area contributed by atoms with Gasteiger partial charge in [-0.2, -0.15) is 5.26 Å². The van der Waals surface area contributed by atoms with Crippen LogP contribution in [0.2, 0.25) is 5.02 Å². The van der Waals surface area contributed by atoms with Gasteiger partial charge in [-0.15, -0.1) is 0 Å². The molecular weight excluding hydrogens is 430 g/mol. The highest BCUT2D eigenvalue weighted by Crippen LogP contribution is 2.40. The second-order valence-corrected chi connectivity index (χ2v) is 9.92. The van der Waals surface area contributed by atoms with Crippen molar-refractivity contribution >= 4 is 35.0 Å². The molecule has 0 fully saturated rings. The van der Waals surface area contributed by atoms with Crippen molar-refractivity contribution < 1.29 is 14.8 Å². The van der Waals surface area contributed by atoms with Crippen LogP contribution >= 0.6 is 11.6 Å². The second-order valence-electron chi connectivity index (χ2n) is 9.51. The molecule has 0 aromatic heterocycles. The van der Waals surface area contributed by atoms with E-state index >= 15 is 0 Å². The number of non-ortho nitro benzene ring substituents is 1. The third kappa shape index (κ3) is 5.65. The van der Waals surface area contributed by atoms with Crippen LogP contribution in [0.15, 0.2) is 35.9 Å². The number of nitro groups is 1. The highest BCUT2D eigenvalue weighted by atomic mass is 35.5. The summed E-state index contributed by atoms with van der Waals surface area (Å²) in [4.78, 5) is 23.0. The number of carbonyl (C=O) groups is 1. The standard InChI is InChI=1S/C24H26ClN3O4/c1-23(2,3)17-10-14(11-18(21(17)29)24(4,5)6)9-15(13-26)22(30)27-20-8-7-16(28(31)32)12-19(20)25/h7-12,29H,1-6H3,(H,27,30)/b15-9+. The summed E-state index contributed by atoms with van der Waals surface area (Å²) < 4.78 is 0. The number of benzene rings is 2. The summed E-state index contributed by atoms with van der Waals surface area (Å²) in [5.41, 5.74) is 1.03. The molecule has 2 aromatic rings. The van der Waals surface area contributed by atoms with E-state index in [0.29, 0.717) is 16.7 Å². The number of phenols is 1. The molecule has 0 aliphatic rings. The summed E-state index contributed by atoms with van der Waals surface area (Å²) in [6.07, 6.45) is 1.44. The Morgan fingerprint density at radius 3 is 2.06 bits per heavy atom. The van der Waals surface area contributed by atoms with Crippen LogP contribution in [0, 0.1) is 21.4 Å². The number of hydrogen-bond acceptors (Lipinski definition) is 5. The number of nitriles is 1. The van der Waals surface area contributed by atoms with E-state index in [1.54, 1.807) is 12.1 Å². The lowest BCUT2D eigenvalue weighted by molar-refractivity contribution is -0.384. The van der Waals surface area contributed by atoms with Gasteiger partial charge in [0.25, 0.3) is 11.6 Å². The zero-order valence-corrected chi connectivity index (χ0v) is 19.7. The number of anilines is 1. The van der Waals surface area contributed by atoms with Gasteiger partial charge < -0.3 is 10.4 Å². The van der Waals surface area contributed by atoms with Gasteiger partial charge in [-0.1, -0.05) is 53.1 Å². The number of aromatic hydroxyl groups is 1. The van der Waals surface area contributed by atoms with Crippen molar-refractivity contribution in [1.29, 1.82) is 5.26 Å². The molecule has 0 heterocycles. The minimum atomic E-state index is -0.703. The molecule has 0 saturated heterocycles. The largest absolute Gasteiger partial charge is 0.507 e. The molecular formula is C24H26ClN3O4. The fraction of sp³-hybridized carbons (Fsp3) is 0.333. The van der Waals surface area contributed by atoms with Gasteiger partial charge in [0, 0.05) is 23.3 Å². The normalized spacial score (nSPS) is 12.2. The number of nitrogens with one attached hydrogen (secondary N) is 1. The average Bonchev–Trinajstić information content (AvgIpc) is 2.66. The Balaban J connectivity index is 2.50. The highest BCUT2D eigenvalue weighted by Gasteiger charge is 2.26. The Labute approximate surface area is 192 Å². The Morgan fingerprint density at radius 1 is 1.12 bits per heavy atom. The van der Waals surface area contributed by atoms with E-state index < -0.39 is 10.8 Å². The summed E-state index contributed by atoms with van der Waals surface area (Å²) in [5.74, 6) is -0.506. The number of carbonyl (C=O) groups excluding carboxylic acids is 1. The minimum absolute atomic E-state index is 0.0143. The molecule has 2 N–H and O–H groups in total. The molecule has 0 saturated carbocycles. The first-order valence-electron chi connectivity index (χ1n) is 9.90. The molecule has 2 aromatic carbocycles. The van der Waals surface area contributed by atoms with Crippen LogP contribution in [0.4, 0.5) is 11.4 Å². The van der Waals surface area contributed by atoms with Crippen molar-refractivity contribution in [2.75, 3.05) is 5.32 Å². The van der Waals surface area contributed by atoms with Gasteiger partial charge in [0.1, 0.15) is 17.4 Å². The van der Waals surface area contributed by atoms with Crippen molar-refractivity contribution in [3.05, 3.63) is 67.7 Å². The Morgan fingerprint density at radius 2 is 1.66 bits per heavy atom. The van der Waals surface area contributed by atoms with E-state index in [1.165, 1.54) is 18.2 Å². The minimum Gasteiger partial charge on any atom is -0.507 e. The fourth-order valence-electron chi connectivity index (χ4n) is 3.11. The molecule has 7 nitrogen and oxygen atoms in total. The van der Waals surface area contributed by atoms with Crippen LogP contribution in [-0.4, -0.2) is 15.9 Å². The van der Waals surface area contributed by atoms with Crippen LogP contribution in [0.3, 0.4) is 0 Å². The van der Waals surface area contributed by atoms with Crippen molar-refractivity contribution in [1.82, 2.24) is 0 Å². The van der Waals surface area contributed by atoms with Crippen LogP contribution in [0.1, 0.15) is 58.2 Å². The molecule has 8 heteroatoms. The fourth-order valence-corrected chi connectivity index (χ4v) is 3.33. The molecule has 0 atom stereocenters. The summed E-state index contributed by atoms with van der Waals surface area (Å²) >= 11 is 6.04. The topological polar surface area (TPSA) is 116 Å². The average molecular weight is 456 g/mol. The van der Waals surface area contributed by atoms with Gasteiger partial charge in [-0.05, 0) is 40.7 Å². The number of amides is 1. The molecule has 0 unspecified atom stereocenters. The monoisotopic (exact) mass is 455 g/mol. The lowest BCUT2D eigenvalue weighted by Gasteiger charge is -2.28. The maximum absolute atomic E-state index is 12.7. The van der Waals surface area contributed by atoms with E-state index in [1.807, 2.05) is 47.6 Å². The summed E-state index contributed by atoms with van der Waals surface area (Å²) in [5, 5.41) is 33.8. The smallest absolute Gasteiger partial charge is 0.271 e. The molecule has 32 heavy (non-hydrogen) atoms. The van der Waals surface area contributed by atoms with Gasteiger partial charge in [-0.25, -0.2) is 0 Å². The lowest BCUT2D eigenvalue weighted by atomic mass is 9.78. The van der Waals surface area contributed by atoms with Gasteiger partial charge in [0.2, 0.25) is 0 Å². The quantitative estimate of drug-likeness (QED) is 0.250. The molecule has 2 rings (SSSR count). The number of rotatable bonds is 4. The van der Waals surface area contributed by atoms with Crippen molar-refractivity contribution in [2.24, 2.45) is 0 Å². The number of hydrogen-bond donors (Lipinski definition) is 2. The van der Waals surface area contributed by atoms with Gasteiger partial charge >= 0.3 is 0 Å². The zero-order chi connectivity index (χ0) is 24.4. The predicted octanol–water partition coefficient (Wildman–Crippen LogP) is 6.09. The summed E-state index contributed by atoms with van der Waals surface area (Å²) in [6, 6.07) is 9.04. The molecule has 0 aliphatic heterocycles. The lowest BCUT2D eigenvalue weighted by Crippen LogP contribution is -2.18. The zero-order valence-electron chi connectivity index (χ0n) is 18.9. The molecule has 1 amide bonds. The Kier molecular flexibility index (Phi) is 7.01. The number of nitro benzene ring substituents is 1. The molecule has 0 bridgehead atoms. The van der Waals surface area contributed by atoms with Crippen LogP contribution in [-0.2, 0) is 15.6 Å². The van der Waals surface area contributed by atoms with Crippen LogP contribution < -0.4 is 5.32 Å². The molecule has 0 spiro atoms. The summed E-state index contributed by atoms with van der Waals surface area (Å²) in [7, 11) is 0. The Hall–Kier alpha value is -3.37. The molecule has 0 radical (unpaired) electrons. The molecule has 0 aliphatic carbocycles. The van der Waals surface area contributed by atoms with Gasteiger partial charge in [0.15, 0.2) is 0 Å². The first-order chi connectivity index (χ1) is 14.6. The van der Waals surface area contributed by atoms with Crippen molar-refractivity contribution in [2.45, 2.75) is 52.4 Å². The van der Waals surface area contributed by atoms with Crippen molar-refractivity contribution in [3.63, 3.8) is 0 Å². The first kappa shape index (κ1) is 24.9. The highest BCUT2D eigenvalue weighted by molar-refractivity contribution is 6.34. The third-order valence-electron chi connectivity index (χ3n) is 4.84.